The second-order valence-electron chi connectivity index (χ2n) is 3.35. The molecule has 1 aromatic rings. The Morgan fingerprint density at radius 3 is 2.86 bits per heavy atom. The lowest BCUT2D eigenvalue weighted by atomic mass is 10.3. The second-order valence-corrected chi connectivity index (χ2v) is 4.33. The van der Waals surface area contributed by atoms with Gasteiger partial charge in [-0.2, -0.15) is 11.8 Å². The number of nitrogens with one attached hydrogen (secondary N) is 1. The summed E-state index contributed by atoms with van der Waals surface area (Å²) in [6.45, 7) is 3.08. The molecule has 1 rings (SSSR count). The normalized spacial score (nSPS) is 10.1. The molecule has 0 aromatic carbocycles. The average Bonchev–Trinajstić information content (AvgIpc) is 2.21. The van der Waals surface area contributed by atoms with Crippen LogP contribution in [0.4, 0.5) is 5.82 Å². The quantitative estimate of drug-likeness (QED) is 0.731. The van der Waals surface area contributed by atoms with E-state index in [1.165, 1.54) is 24.2 Å². The van der Waals surface area contributed by atoms with E-state index < -0.39 is 0 Å². The molecule has 3 heteroatoms. The van der Waals surface area contributed by atoms with Crippen LogP contribution in [-0.4, -0.2) is 23.5 Å². The number of aryl methyl sites for hydroxylation is 1. The summed E-state index contributed by atoms with van der Waals surface area (Å²) in [7, 11) is 0. The van der Waals surface area contributed by atoms with Crippen LogP contribution >= 0.6 is 11.8 Å². The maximum atomic E-state index is 4.28. The molecule has 0 atom stereocenters. The van der Waals surface area contributed by atoms with E-state index in [1.54, 1.807) is 0 Å². The number of unbranched alkanes of at least 4 members (excludes halogenated alkanes) is 1. The van der Waals surface area contributed by atoms with Gasteiger partial charge in [0.05, 0.1) is 0 Å². The van der Waals surface area contributed by atoms with Crippen molar-refractivity contribution in [3.05, 3.63) is 23.9 Å². The van der Waals surface area contributed by atoms with E-state index >= 15 is 0 Å². The van der Waals surface area contributed by atoms with E-state index in [1.807, 2.05) is 24.0 Å². The van der Waals surface area contributed by atoms with Crippen molar-refractivity contribution in [2.45, 2.75) is 19.8 Å². The molecule has 0 spiro atoms. The summed E-state index contributed by atoms with van der Waals surface area (Å²) in [6.07, 6.45) is 6.54. The molecule has 1 heterocycles. The minimum atomic E-state index is 0.986. The van der Waals surface area contributed by atoms with Crippen LogP contribution in [0.5, 0.6) is 0 Å². The van der Waals surface area contributed by atoms with Crippen LogP contribution in [0.1, 0.15) is 18.4 Å². The van der Waals surface area contributed by atoms with Crippen LogP contribution in [0.3, 0.4) is 0 Å². The van der Waals surface area contributed by atoms with Crippen molar-refractivity contribution in [2.24, 2.45) is 0 Å². The van der Waals surface area contributed by atoms with Gasteiger partial charge in [0.1, 0.15) is 5.82 Å². The van der Waals surface area contributed by atoms with Gasteiger partial charge >= 0.3 is 0 Å². The monoisotopic (exact) mass is 210 g/mol. The lowest BCUT2D eigenvalue weighted by molar-refractivity contribution is 0.840. The largest absolute Gasteiger partial charge is 0.370 e. The summed E-state index contributed by atoms with van der Waals surface area (Å²) in [6, 6.07) is 4.11. The van der Waals surface area contributed by atoms with Crippen molar-refractivity contribution in [2.75, 3.05) is 23.9 Å². The molecule has 0 saturated carbocycles. The minimum absolute atomic E-state index is 0.986. The molecule has 1 N–H and O–H groups in total. The van der Waals surface area contributed by atoms with Crippen molar-refractivity contribution in [3.63, 3.8) is 0 Å². The first kappa shape index (κ1) is 11.4. The van der Waals surface area contributed by atoms with E-state index in [2.05, 4.69) is 29.5 Å². The van der Waals surface area contributed by atoms with Crippen LogP contribution in [0.25, 0.3) is 0 Å². The van der Waals surface area contributed by atoms with Crippen molar-refractivity contribution in [1.82, 2.24) is 4.98 Å². The molecular weight excluding hydrogens is 192 g/mol. The predicted molar refractivity (Wildman–Crippen MR) is 65.1 cm³/mol. The fraction of sp³-hybridized carbons (Fsp3) is 0.545. The standard InChI is InChI=1S/C11H18N2S/c1-10-5-6-11(13-9-10)12-7-3-4-8-14-2/h5-6,9H,3-4,7-8H2,1-2H3,(H,12,13). The van der Waals surface area contributed by atoms with Gasteiger partial charge in [-0.15, -0.1) is 0 Å². The Hall–Kier alpha value is -0.700. The molecule has 1 aromatic heterocycles. The molecule has 0 bridgehead atoms. The molecule has 0 saturated heterocycles. The first-order chi connectivity index (χ1) is 6.83. The fourth-order valence-corrected chi connectivity index (χ4v) is 1.65. The third-order valence-corrected chi connectivity index (χ3v) is 2.69. The van der Waals surface area contributed by atoms with E-state index in [0.29, 0.717) is 0 Å². The molecule has 0 amide bonds. The van der Waals surface area contributed by atoms with Crippen molar-refractivity contribution in [3.8, 4) is 0 Å². The van der Waals surface area contributed by atoms with E-state index in [4.69, 9.17) is 0 Å². The SMILES string of the molecule is CSCCCCNc1ccc(C)cn1. The predicted octanol–water partition coefficient (Wildman–Crippen LogP) is 2.95. The Kier molecular flexibility index (Phi) is 5.45. The first-order valence-corrected chi connectivity index (χ1v) is 6.38. The van der Waals surface area contributed by atoms with Gasteiger partial charge in [-0.3, -0.25) is 0 Å². The van der Waals surface area contributed by atoms with Crippen LogP contribution in [0, 0.1) is 6.92 Å². The van der Waals surface area contributed by atoms with Gasteiger partial charge in [-0.25, -0.2) is 4.98 Å². The number of rotatable bonds is 6. The van der Waals surface area contributed by atoms with Gasteiger partial charge in [-0.1, -0.05) is 6.07 Å². The second kappa shape index (κ2) is 6.71. The van der Waals surface area contributed by atoms with E-state index in [9.17, 15) is 0 Å². The number of pyridine rings is 1. The topological polar surface area (TPSA) is 24.9 Å². The van der Waals surface area contributed by atoms with Gasteiger partial charge < -0.3 is 5.32 Å². The van der Waals surface area contributed by atoms with Crippen molar-refractivity contribution in [1.29, 1.82) is 0 Å². The molecule has 0 aliphatic rings. The Bertz CT molecular complexity index is 246. The van der Waals surface area contributed by atoms with Gasteiger partial charge in [0.25, 0.3) is 0 Å². The van der Waals surface area contributed by atoms with Gasteiger partial charge in [0.2, 0.25) is 0 Å². The number of hydrogen-bond acceptors (Lipinski definition) is 3. The highest BCUT2D eigenvalue weighted by atomic mass is 32.2. The average molecular weight is 210 g/mol. The van der Waals surface area contributed by atoms with Crippen LogP contribution < -0.4 is 5.32 Å². The summed E-state index contributed by atoms with van der Waals surface area (Å²) in [5, 5.41) is 3.31. The maximum Gasteiger partial charge on any atom is 0.125 e. The number of aromatic nitrogens is 1. The summed E-state index contributed by atoms with van der Waals surface area (Å²) >= 11 is 1.91. The van der Waals surface area contributed by atoms with Crippen LogP contribution in [0.2, 0.25) is 0 Å². The summed E-state index contributed by atoms with van der Waals surface area (Å²) in [5.41, 5.74) is 1.21. The smallest absolute Gasteiger partial charge is 0.125 e. The zero-order valence-electron chi connectivity index (χ0n) is 8.92. The lowest BCUT2D eigenvalue weighted by Gasteiger charge is -2.04. The number of anilines is 1. The van der Waals surface area contributed by atoms with Gasteiger partial charge in [-0.05, 0) is 43.4 Å². The maximum absolute atomic E-state index is 4.28. The summed E-state index contributed by atoms with van der Waals surface area (Å²) in [4.78, 5) is 4.28. The lowest BCUT2D eigenvalue weighted by Crippen LogP contribution is -2.03. The first-order valence-electron chi connectivity index (χ1n) is 4.98. The molecular formula is C11H18N2S. The third kappa shape index (κ3) is 4.51. The Balaban J connectivity index is 2.15. The molecule has 0 fully saturated rings. The minimum Gasteiger partial charge on any atom is -0.370 e. The number of hydrogen-bond donors (Lipinski definition) is 1. The highest BCUT2D eigenvalue weighted by molar-refractivity contribution is 7.98. The summed E-state index contributed by atoms with van der Waals surface area (Å²) < 4.78 is 0. The molecule has 0 aliphatic carbocycles. The molecule has 0 radical (unpaired) electrons. The Labute approximate surface area is 90.5 Å². The summed E-state index contributed by atoms with van der Waals surface area (Å²) in [5.74, 6) is 2.24. The van der Waals surface area contributed by atoms with Gasteiger partial charge in [0, 0.05) is 12.7 Å². The number of thioether (sulfide) groups is 1. The van der Waals surface area contributed by atoms with Crippen molar-refractivity contribution >= 4 is 17.6 Å². The molecule has 0 unspecified atom stereocenters. The van der Waals surface area contributed by atoms with E-state index in [-0.39, 0.29) is 0 Å². The van der Waals surface area contributed by atoms with E-state index in [0.717, 1.165) is 12.4 Å². The van der Waals surface area contributed by atoms with Crippen LogP contribution in [-0.2, 0) is 0 Å². The fourth-order valence-electron chi connectivity index (χ4n) is 1.16. The highest BCUT2D eigenvalue weighted by Gasteiger charge is 1.92. The van der Waals surface area contributed by atoms with Crippen molar-refractivity contribution < 1.29 is 0 Å². The highest BCUT2D eigenvalue weighted by Crippen LogP contribution is 2.04. The van der Waals surface area contributed by atoms with Crippen LogP contribution in [0.15, 0.2) is 18.3 Å². The third-order valence-electron chi connectivity index (χ3n) is 1.99. The zero-order valence-corrected chi connectivity index (χ0v) is 9.73. The molecule has 0 aliphatic heterocycles. The molecule has 14 heavy (non-hydrogen) atoms. The molecule has 2 nitrogen and oxygen atoms in total. The Morgan fingerprint density at radius 1 is 1.36 bits per heavy atom. The number of nitrogens with zero attached hydrogens (tertiary/aromatic N) is 1. The zero-order chi connectivity index (χ0) is 10.2. The Morgan fingerprint density at radius 2 is 2.21 bits per heavy atom. The molecule has 78 valence electrons. The van der Waals surface area contributed by atoms with Gasteiger partial charge in [0.15, 0.2) is 0 Å².